The van der Waals surface area contributed by atoms with Crippen molar-refractivity contribution in [1.29, 1.82) is 0 Å². The molecule has 3 aliphatic carbocycles. The number of anilines is 2. The summed E-state index contributed by atoms with van der Waals surface area (Å²) < 4.78 is 0. The highest BCUT2D eigenvalue weighted by Crippen LogP contribution is 2.64. The molecule has 1 unspecified atom stereocenters. The highest BCUT2D eigenvalue weighted by atomic mass is 15.1. The van der Waals surface area contributed by atoms with Crippen LogP contribution in [-0.2, 0) is 5.41 Å². The molecule has 0 saturated heterocycles. The molecule has 0 aliphatic heterocycles. The van der Waals surface area contributed by atoms with E-state index in [2.05, 4.69) is 186 Å². The van der Waals surface area contributed by atoms with E-state index in [0.29, 0.717) is 0 Å². The molecule has 1 spiro atoms. The number of allylic oxidation sites excluding steroid dienone is 16. The predicted molar refractivity (Wildman–Crippen MR) is 220 cm³/mol. The fraction of sp³-hybridized carbons (Fsp3) is 0.265. The van der Waals surface area contributed by atoms with Gasteiger partial charge in [0.15, 0.2) is 0 Å². The number of nitrogens with zero attached hydrogens (tertiary/aromatic N) is 1. The Hall–Kier alpha value is -4.88. The topological polar surface area (TPSA) is 3.24 Å². The second-order valence-electron chi connectivity index (χ2n) is 13.5. The zero-order valence-corrected chi connectivity index (χ0v) is 31.0. The minimum Gasteiger partial charge on any atom is -0.311 e. The standard InChI is InChI=1S/C49H53N/c1-7-12-14-15-16-17-22-37-27-29-39(30-28-37)50(38(20-9-3)21-10-4)40-31-32-43-41-24-18-19-25-46(41)49(48(43)35-40)45(11-5)42(23-13-8-2)44-34-36(6)26-33-47(44)49/h7,9,12-13,15-18,20-24,26-35H,8,10-11,14,19,25H2,1-6H3/b12-7-,16-15-,20-9-,22-17+,23-13-,38-21+. The van der Waals surface area contributed by atoms with Crippen molar-refractivity contribution in [3.8, 4) is 0 Å². The van der Waals surface area contributed by atoms with Crippen molar-refractivity contribution in [1.82, 2.24) is 0 Å². The Morgan fingerprint density at radius 3 is 2.34 bits per heavy atom. The molecule has 3 aromatic rings. The first-order valence-electron chi connectivity index (χ1n) is 18.8. The number of benzene rings is 3. The summed E-state index contributed by atoms with van der Waals surface area (Å²) in [5.74, 6) is 0. The molecule has 0 heterocycles. The SMILES string of the molecule is C/C=C\C/C=C\C=C\c1ccc(N(C(/C=C\C)=C/CC)c2ccc3c(c2)C2(C4=C3C=CCC4)C(CC)=C(/C=C\CC)c3cc(C)ccc32)cc1. The van der Waals surface area contributed by atoms with Gasteiger partial charge in [-0.1, -0.05) is 136 Å². The van der Waals surface area contributed by atoms with E-state index in [1.807, 2.05) is 0 Å². The zero-order chi connectivity index (χ0) is 35.1. The van der Waals surface area contributed by atoms with E-state index in [-0.39, 0.29) is 5.41 Å². The minimum atomic E-state index is -0.257. The van der Waals surface area contributed by atoms with Gasteiger partial charge in [-0.15, -0.1) is 0 Å². The fourth-order valence-electron chi connectivity index (χ4n) is 8.29. The average Bonchev–Trinajstić information content (AvgIpc) is 3.58. The Balaban J connectivity index is 1.54. The van der Waals surface area contributed by atoms with E-state index in [0.717, 1.165) is 44.2 Å². The highest BCUT2D eigenvalue weighted by molar-refractivity contribution is 5.99. The van der Waals surface area contributed by atoms with Gasteiger partial charge in [-0.25, -0.2) is 0 Å². The summed E-state index contributed by atoms with van der Waals surface area (Å²) in [7, 11) is 0. The molecule has 0 N–H and O–H groups in total. The van der Waals surface area contributed by atoms with Crippen molar-refractivity contribution in [3.05, 3.63) is 184 Å². The summed E-state index contributed by atoms with van der Waals surface area (Å²) in [5.41, 5.74) is 17.4. The molecule has 1 heteroatoms. The Morgan fingerprint density at radius 1 is 0.780 bits per heavy atom. The summed E-state index contributed by atoms with van der Waals surface area (Å²) in [5, 5.41) is 0. The largest absolute Gasteiger partial charge is 0.311 e. The van der Waals surface area contributed by atoms with Crippen LogP contribution in [-0.4, -0.2) is 0 Å². The van der Waals surface area contributed by atoms with Crippen LogP contribution >= 0.6 is 0 Å². The van der Waals surface area contributed by atoms with Crippen molar-refractivity contribution in [2.75, 3.05) is 4.90 Å². The second-order valence-corrected chi connectivity index (χ2v) is 13.5. The molecule has 3 aromatic carbocycles. The van der Waals surface area contributed by atoms with E-state index < -0.39 is 0 Å². The smallest absolute Gasteiger partial charge is 0.0652 e. The van der Waals surface area contributed by atoms with Crippen LogP contribution in [0.25, 0.3) is 17.2 Å². The Labute approximate surface area is 301 Å². The number of rotatable bonds is 12. The van der Waals surface area contributed by atoms with Gasteiger partial charge in [-0.2, -0.15) is 0 Å². The maximum atomic E-state index is 2.53. The van der Waals surface area contributed by atoms with Crippen molar-refractivity contribution in [2.45, 2.75) is 85.5 Å². The maximum Gasteiger partial charge on any atom is 0.0652 e. The monoisotopic (exact) mass is 655 g/mol. The van der Waals surface area contributed by atoms with E-state index >= 15 is 0 Å². The van der Waals surface area contributed by atoms with E-state index in [1.165, 1.54) is 55.9 Å². The van der Waals surface area contributed by atoms with Crippen LogP contribution < -0.4 is 4.90 Å². The molecule has 0 bridgehead atoms. The van der Waals surface area contributed by atoms with Crippen molar-refractivity contribution in [3.63, 3.8) is 0 Å². The number of aryl methyl sites for hydroxylation is 1. The van der Waals surface area contributed by atoms with Gasteiger partial charge in [0.05, 0.1) is 5.41 Å². The lowest BCUT2D eigenvalue weighted by Gasteiger charge is -2.36. The Morgan fingerprint density at radius 2 is 1.60 bits per heavy atom. The zero-order valence-electron chi connectivity index (χ0n) is 31.0. The van der Waals surface area contributed by atoms with Crippen LogP contribution in [0.4, 0.5) is 11.4 Å². The Kier molecular flexibility index (Phi) is 11.0. The van der Waals surface area contributed by atoms with Gasteiger partial charge in [-0.05, 0) is 140 Å². The van der Waals surface area contributed by atoms with Gasteiger partial charge in [0.1, 0.15) is 0 Å². The van der Waals surface area contributed by atoms with Crippen molar-refractivity contribution < 1.29 is 0 Å². The molecule has 1 atom stereocenters. The third kappa shape index (κ3) is 6.31. The van der Waals surface area contributed by atoms with Gasteiger partial charge in [0.2, 0.25) is 0 Å². The van der Waals surface area contributed by atoms with Gasteiger partial charge < -0.3 is 4.90 Å². The van der Waals surface area contributed by atoms with E-state index in [1.54, 1.807) is 11.1 Å². The van der Waals surface area contributed by atoms with Crippen LogP contribution in [0.2, 0.25) is 0 Å². The first kappa shape index (κ1) is 35.0. The molecule has 6 rings (SSSR count). The average molecular weight is 656 g/mol. The molecule has 254 valence electrons. The molecule has 0 fully saturated rings. The van der Waals surface area contributed by atoms with Crippen LogP contribution in [0.3, 0.4) is 0 Å². The molecule has 0 amide bonds. The van der Waals surface area contributed by atoms with Gasteiger partial charge in [0.25, 0.3) is 0 Å². The summed E-state index contributed by atoms with van der Waals surface area (Å²) >= 11 is 0. The normalized spacial score (nSPS) is 18.7. The molecule has 0 saturated carbocycles. The lowest BCUT2D eigenvalue weighted by atomic mass is 9.66. The third-order valence-corrected chi connectivity index (χ3v) is 10.3. The van der Waals surface area contributed by atoms with Crippen LogP contribution in [0.15, 0.2) is 150 Å². The maximum absolute atomic E-state index is 2.53. The van der Waals surface area contributed by atoms with Gasteiger partial charge in [-0.3, -0.25) is 0 Å². The van der Waals surface area contributed by atoms with E-state index in [4.69, 9.17) is 0 Å². The van der Waals surface area contributed by atoms with Crippen LogP contribution in [0, 0.1) is 6.92 Å². The van der Waals surface area contributed by atoms with Crippen molar-refractivity contribution >= 4 is 28.6 Å². The lowest BCUT2D eigenvalue weighted by molar-refractivity contribution is 0.672. The predicted octanol–water partition coefficient (Wildman–Crippen LogP) is 14.1. The number of hydrogen-bond acceptors (Lipinski definition) is 1. The summed E-state index contributed by atoms with van der Waals surface area (Å²) in [6.07, 6.45) is 35.3. The molecule has 3 aliphatic rings. The molecule has 0 radical (unpaired) electrons. The molecule has 50 heavy (non-hydrogen) atoms. The molecular formula is C49H53N. The Bertz CT molecular complexity index is 2000. The highest BCUT2D eigenvalue weighted by Gasteiger charge is 2.53. The summed E-state index contributed by atoms with van der Waals surface area (Å²) in [6, 6.07) is 23.5. The lowest BCUT2D eigenvalue weighted by Crippen LogP contribution is -2.29. The molecule has 1 nitrogen and oxygen atoms in total. The fourth-order valence-corrected chi connectivity index (χ4v) is 8.29. The summed E-state index contributed by atoms with van der Waals surface area (Å²) in [6.45, 7) is 13.2. The summed E-state index contributed by atoms with van der Waals surface area (Å²) in [4.78, 5) is 2.45. The number of hydrogen-bond donors (Lipinski definition) is 0. The third-order valence-electron chi connectivity index (χ3n) is 10.3. The minimum absolute atomic E-state index is 0.257. The quantitative estimate of drug-likeness (QED) is 0.139. The van der Waals surface area contributed by atoms with Crippen molar-refractivity contribution in [2.24, 2.45) is 0 Å². The van der Waals surface area contributed by atoms with Crippen LogP contribution in [0.1, 0.15) is 107 Å². The molecular weight excluding hydrogens is 603 g/mol. The van der Waals surface area contributed by atoms with Gasteiger partial charge in [0, 0.05) is 17.1 Å². The van der Waals surface area contributed by atoms with E-state index in [9.17, 15) is 0 Å². The first-order valence-corrected chi connectivity index (χ1v) is 18.8. The first-order chi connectivity index (χ1) is 24.5. The second kappa shape index (κ2) is 15.8. The number of fused-ring (bicyclic) bond motifs is 6. The van der Waals surface area contributed by atoms with Crippen LogP contribution in [0.5, 0.6) is 0 Å². The van der Waals surface area contributed by atoms with Gasteiger partial charge >= 0.3 is 0 Å². The molecule has 0 aromatic heterocycles.